The molecule has 0 aliphatic carbocycles. The van der Waals surface area contributed by atoms with Gasteiger partial charge in [0.25, 0.3) is 0 Å². The van der Waals surface area contributed by atoms with E-state index in [2.05, 4.69) is 18.7 Å². The van der Waals surface area contributed by atoms with Gasteiger partial charge in [-0.2, -0.15) is 11.8 Å². The molecule has 0 aromatic heterocycles. The number of hydrogen-bond donors (Lipinski definition) is 0. The first-order chi connectivity index (χ1) is 9.63. The van der Waals surface area contributed by atoms with Gasteiger partial charge in [0, 0.05) is 30.1 Å². The van der Waals surface area contributed by atoms with Gasteiger partial charge in [-0.3, -0.25) is 9.69 Å². The Balaban J connectivity index is 2.14. The smallest absolute Gasteiger partial charge is 0.314 e. The molecule has 1 aromatic rings. The van der Waals surface area contributed by atoms with Crippen LogP contribution in [0.3, 0.4) is 0 Å². The first-order valence-corrected chi connectivity index (χ1v) is 8.16. The summed E-state index contributed by atoms with van der Waals surface area (Å²) in [4.78, 5) is 14.5. The summed E-state index contributed by atoms with van der Waals surface area (Å²) in [7, 11) is 1.47. The lowest BCUT2D eigenvalue weighted by molar-refractivity contribution is -0.143. The number of carbonyl (C=O) groups excluding carboxylic acids is 1. The molecule has 3 unspecified atom stereocenters. The molecule has 0 N–H and O–H groups in total. The monoisotopic (exact) mass is 293 g/mol. The fourth-order valence-corrected chi connectivity index (χ4v) is 3.79. The van der Waals surface area contributed by atoms with Crippen molar-refractivity contribution in [1.29, 1.82) is 0 Å². The molecule has 1 fully saturated rings. The van der Waals surface area contributed by atoms with E-state index in [1.54, 1.807) is 0 Å². The van der Waals surface area contributed by atoms with E-state index < -0.39 is 0 Å². The molecule has 1 aliphatic heterocycles. The highest BCUT2D eigenvalue weighted by atomic mass is 32.2. The zero-order valence-electron chi connectivity index (χ0n) is 12.4. The molecule has 20 heavy (non-hydrogen) atoms. The number of hydrogen-bond acceptors (Lipinski definition) is 4. The second kappa shape index (κ2) is 7.14. The Morgan fingerprint density at radius 3 is 2.75 bits per heavy atom. The van der Waals surface area contributed by atoms with Crippen LogP contribution in [0.15, 0.2) is 30.3 Å². The van der Waals surface area contributed by atoms with Gasteiger partial charge in [-0.05, 0) is 12.5 Å². The van der Waals surface area contributed by atoms with Gasteiger partial charge in [0.15, 0.2) is 0 Å². The van der Waals surface area contributed by atoms with Crippen LogP contribution >= 0.6 is 11.8 Å². The SMILES string of the molecule is COC(=O)C(CN1CCSC(C)C1C)c1ccccc1. The van der Waals surface area contributed by atoms with E-state index >= 15 is 0 Å². The lowest BCUT2D eigenvalue weighted by Gasteiger charge is -2.38. The highest BCUT2D eigenvalue weighted by Crippen LogP contribution is 2.27. The zero-order valence-corrected chi connectivity index (χ0v) is 13.2. The number of benzene rings is 1. The zero-order chi connectivity index (χ0) is 14.5. The summed E-state index contributed by atoms with van der Waals surface area (Å²) in [5.41, 5.74) is 1.04. The largest absolute Gasteiger partial charge is 0.469 e. The topological polar surface area (TPSA) is 29.5 Å². The minimum Gasteiger partial charge on any atom is -0.469 e. The van der Waals surface area contributed by atoms with Gasteiger partial charge in [0.2, 0.25) is 0 Å². The molecule has 1 heterocycles. The van der Waals surface area contributed by atoms with Crippen LogP contribution < -0.4 is 0 Å². The molecule has 1 aromatic carbocycles. The Hall–Kier alpha value is -1.00. The second-order valence-electron chi connectivity index (χ2n) is 5.30. The molecule has 2 rings (SSSR count). The molecular weight excluding hydrogens is 270 g/mol. The molecule has 0 spiro atoms. The van der Waals surface area contributed by atoms with Crippen LogP contribution in [-0.2, 0) is 9.53 Å². The summed E-state index contributed by atoms with van der Waals surface area (Å²) in [5.74, 6) is 0.794. The van der Waals surface area contributed by atoms with Crippen molar-refractivity contribution in [2.75, 3.05) is 26.0 Å². The first-order valence-electron chi connectivity index (χ1n) is 7.12. The fraction of sp³-hybridized carbons (Fsp3) is 0.562. The third-order valence-corrected chi connectivity index (χ3v) is 5.46. The summed E-state index contributed by atoms with van der Waals surface area (Å²) in [6.45, 7) is 6.28. The van der Waals surface area contributed by atoms with Crippen LogP contribution in [0.2, 0.25) is 0 Å². The third kappa shape index (κ3) is 3.55. The summed E-state index contributed by atoms with van der Waals surface area (Å²) in [6.07, 6.45) is 0. The molecule has 1 saturated heterocycles. The van der Waals surface area contributed by atoms with Crippen LogP contribution in [0.4, 0.5) is 0 Å². The van der Waals surface area contributed by atoms with Gasteiger partial charge < -0.3 is 4.74 Å². The predicted molar refractivity (Wildman–Crippen MR) is 84.2 cm³/mol. The number of carbonyl (C=O) groups is 1. The Labute approximate surface area is 125 Å². The molecular formula is C16H23NO2S. The summed E-state index contributed by atoms with van der Waals surface area (Å²) >= 11 is 2.01. The summed E-state index contributed by atoms with van der Waals surface area (Å²) in [6, 6.07) is 10.4. The van der Waals surface area contributed by atoms with Crippen molar-refractivity contribution in [3.8, 4) is 0 Å². The Bertz CT molecular complexity index is 437. The van der Waals surface area contributed by atoms with E-state index in [4.69, 9.17) is 4.74 Å². The van der Waals surface area contributed by atoms with Gasteiger partial charge in [-0.15, -0.1) is 0 Å². The number of nitrogens with zero attached hydrogens (tertiary/aromatic N) is 1. The van der Waals surface area contributed by atoms with Crippen molar-refractivity contribution in [2.24, 2.45) is 0 Å². The highest BCUT2D eigenvalue weighted by Gasteiger charge is 2.30. The number of thioether (sulfide) groups is 1. The number of ether oxygens (including phenoxy) is 1. The molecule has 3 nitrogen and oxygen atoms in total. The molecule has 110 valence electrons. The van der Waals surface area contributed by atoms with Crippen molar-refractivity contribution in [3.63, 3.8) is 0 Å². The standard InChI is InChI=1S/C16H23NO2S/c1-12-13(2)20-10-9-17(12)11-15(16(18)19-3)14-7-5-4-6-8-14/h4-8,12-13,15H,9-11H2,1-3H3. The van der Waals surface area contributed by atoms with E-state index in [1.165, 1.54) is 7.11 Å². The maximum Gasteiger partial charge on any atom is 0.314 e. The lowest BCUT2D eigenvalue weighted by atomic mass is 9.97. The van der Waals surface area contributed by atoms with Gasteiger partial charge in [0.1, 0.15) is 0 Å². The molecule has 3 atom stereocenters. The van der Waals surface area contributed by atoms with Crippen molar-refractivity contribution >= 4 is 17.7 Å². The van der Waals surface area contributed by atoms with Crippen LogP contribution in [0, 0.1) is 0 Å². The predicted octanol–water partition coefficient (Wildman–Crippen LogP) is 2.77. The van der Waals surface area contributed by atoms with E-state index in [-0.39, 0.29) is 11.9 Å². The molecule has 0 amide bonds. The van der Waals surface area contributed by atoms with Crippen molar-refractivity contribution in [2.45, 2.75) is 31.1 Å². The maximum atomic E-state index is 12.1. The molecule has 0 radical (unpaired) electrons. The Morgan fingerprint density at radius 2 is 2.10 bits per heavy atom. The van der Waals surface area contributed by atoms with Crippen molar-refractivity contribution < 1.29 is 9.53 Å². The lowest BCUT2D eigenvalue weighted by Crippen LogP contribution is -2.47. The van der Waals surface area contributed by atoms with Gasteiger partial charge in [-0.1, -0.05) is 37.3 Å². The third-order valence-electron chi connectivity index (χ3n) is 4.12. The minimum atomic E-state index is -0.195. The van der Waals surface area contributed by atoms with Crippen LogP contribution in [-0.4, -0.2) is 48.1 Å². The van der Waals surface area contributed by atoms with Crippen LogP contribution in [0.1, 0.15) is 25.3 Å². The molecule has 4 heteroatoms. The highest BCUT2D eigenvalue weighted by molar-refractivity contribution is 8.00. The van der Waals surface area contributed by atoms with Gasteiger partial charge >= 0.3 is 5.97 Å². The van der Waals surface area contributed by atoms with E-state index in [0.29, 0.717) is 11.3 Å². The quantitative estimate of drug-likeness (QED) is 0.798. The average Bonchev–Trinajstić information content (AvgIpc) is 2.49. The normalized spacial score (nSPS) is 25.1. The molecule has 0 bridgehead atoms. The Kier molecular flexibility index (Phi) is 5.49. The van der Waals surface area contributed by atoms with Crippen LogP contribution in [0.5, 0.6) is 0 Å². The summed E-state index contributed by atoms with van der Waals surface area (Å²) < 4.78 is 5.00. The van der Waals surface area contributed by atoms with E-state index in [0.717, 1.165) is 24.4 Å². The molecule has 0 saturated carbocycles. The second-order valence-corrected chi connectivity index (χ2v) is 6.78. The van der Waals surface area contributed by atoms with E-state index in [9.17, 15) is 4.79 Å². The number of methoxy groups -OCH3 is 1. The average molecular weight is 293 g/mol. The maximum absolute atomic E-state index is 12.1. The fourth-order valence-electron chi connectivity index (χ4n) is 2.63. The summed E-state index contributed by atoms with van der Waals surface area (Å²) in [5, 5.41) is 0.609. The van der Waals surface area contributed by atoms with Gasteiger partial charge in [0.05, 0.1) is 13.0 Å². The Morgan fingerprint density at radius 1 is 1.40 bits per heavy atom. The van der Waals surface area contributed by atoms with E-state index in [1.807, 2.05) is 42.1 Å². The number of rotatable bonds is 4. The van der Waals surface area contributed by atoms with Crippen LogP contribution in [0.25, 0.3) is 0 Å². The van der Waals surface area contributed by atoms with Gasteiger partial charge in [-0.25, -0.2) is 0 Å². The molecule has 1 aliphatic rings. The number of esters is 1. The minimum absolute atomic E-state index is 0.144. The van der Waals surface area contributed by atoms with Crippen molar-refractivity contribution in [1.82, 2.24) is 4.90 Å². The first kappa shape index (κ1) is 15.4. The van der Waals surface area contributed by atoms with Crippen molar-refractivity contribution in [3.05, 3.63) is 35.9 Å².